The predicted molar refractivity (Wildman–Crippen MR) is 57.3 cm³/mol. The monoisotopic (exact) mass is 241 g/mol. The normalized spacial score (nSPS) is 12.8. The topological polar surface area (TPSA) is 19.9 Å². The summed E-state index contributed by atoms with van der Waals surface area (Å²) in [5.74, 6) is 0.502. The van der Waals surface area contributed by atoms with Gasteiger partial charge in [0.25, 0.3) is 0 Å². The minimum Gasteiger partial charge on any atom is -0.237 e. The van der Waals surface area contributed by atoms with E-state index in [9.17, 15) is 5.11 Å². The molecule has 1 rings (SSSR count). The van der Waals surface area contributed by atoms with Gasteiger partial charge in [-0.25, -0.2) is 5.11 Å². The first-order valence-corrected chi connectivity index (χ1v) is 5.37. The van der Waals surface area contributed by atoms with E-state index in [2.05, 4.69) is 35.0 Å². The van der Waals surface area contributed by atoms with Crippen LogP contribution in [-0.4, -0.2) is 6.61 Å². The molecule has 13 heavy (non-hydrogen) atoms. The molecule has 1 nitrogen and oxygen atoms in total. The van der Waals surface area contributed by atoms with E-state index < -0.39 is 0 Å². The fourth-order valence-corrected chi connectivity index (χ4v) is 1.61. The van der Waals surface area contributed by atoms with Crippen LogP contribution in [0.4, 0.5) is 0 Å². The lowest BCUT2D eigenvalue weighted by molar-refractivity contribution is 0.185. The number of halogens is 1. The van der Waals surface area contributed by atoms with Gasteiger partial charge in [-0.2, -0.15) is 0 Å². The summed E-state index contributed by atoms with van der Waals surface area (Å²) in [6.07, 6.45) is 1.77. The van der Waals surface area contributed by atoms with Crippen molar-refractivity contribution in [1.82, 2.24) is 0 Å². The smallest absolute Gasteiger partial charge is 0.0822 e. The molecule has 0 amide bonds. The summed E-state index contributed by atoms with van der Waals surface area (Å²) >= 11 is 3.40. The quantitative estimate of drug-likeness (QED) is 0.766. The summed E-state index contributed by atoms with van der Waals surface area (Å²) in [6.45, 7) is 2.21. The summed E-state index contributed by atoms with van der Waals surface area (Å²) in [6, 6.07) is 8.31. The zero-order valence-electron chi connectivity index (χ0n) is 7.79. The maximum absolute atomic E-state index is 10.3. The highest BCUT2D eigenvalue weighted by atomic mass is 79.9. The van der Waals surface area contributed by atoms with Gasteiger partial charge in [0.2, 0.25) is 0 Å². The fourth-order valence-electron chi connectivity index (χ4n) is 1.35. The molecule has 0 bridgehead atoms. The first-order valence-electron chi connectivity index (χ1n) is 4.57. The zero-order valence-corrected chi connectivity index (χ0v) is 9.38. The van der Waals surface area contributed by atoms with Gasteiger partial charge in [-0.15, -0.1) is 0 Å². The van der Waals surface area contributed by atoms with E-state index in [1.807, 2.05) is 12.1 Å². The molecule has 1 atom stereocenters. The van der Waals surface area contributed by atoms with Crippen molar-refractivity contribution in [2.75, 3.05) is 6.61 Å². The second kappa shape index (κ2) is 5.40. The average Bonchev–Trinajstić information content (AvgIpc) is 2.15. The van der Waals surface area contributed by atoms with Gasteiger partial charge in [0.05, 0.1) is 6.61 Å². The van der Waals surface area contributed by atoms with Gasteiger partial charge in [0.15, 0.2) is 0 Å². The second-order valence-electron chi connectivity index (χ2n) is 3.30. The van der Waals surface area contributed by atoms with Gasteiger partial charge < -0.3 is 0 Å². The molecule has 0 aromatic heterocycles. The van der Waals surface area contributed by atoms with Crippen LogP contribution in [0.5, 0.6) is 0 Å². The van der Waals surface area contributed by atoms with Gasteiger partial charge in [-0.3, -0.25) is 0 Å². The van der Waals surface area contributed by atoms with E-state index >= 15 is 0 Å². The molecule has 0 aliphatic rings. The predicted octanol–water partition coefficient (Wildman–Crippen LogP) is 3.76. The summed E-state index contributed by atoms with van der Waals surface area (Å²) in [5.41, 5.74) is 1.32. The Morgan fingerprint density at radius 2 is 1.92 bits per heavy atom. The van der Waals surface area contributed by atoms with Crippen LogP contribution in [-0.2, 0) is 5.11 Å². The van der Waals surface area contributed by atoms with Crippen molar-refractivity contribution in [3.63, 3.8) is 0 Å². The maximum atomic E-state index is 10.3. The van der Waals surface area contributed by atoms with Gasteiger partial charge >= 0.3 is 0 Å². The molecule has 0 spiro atoms. The van der Waals surface area contributed by atoms with Crippen LogP contribution in [0.1, 0.15) is 31.2 Å². The van der Waals surface area contributed by atoms with Gasteiger partial charge in [0.1, 0.15) is 0 Å². The molecular weight excluding hydrogens is 228 g/mol. The summed E-state index contributed by atoms with van der Waals surface area (Å²) < 4.78 is 1.10. The standard InChI is InChI=1S/C11H14BrO/c1-9(3-2-8-13)10-4-6-11(12)7-5-10/h4-7,9H,2-3,8H2,1H3. The molecule has 0 saturated carbocycles. The van der Waals surface area contributed by atoms with Crippen molar-refractivity contribution in [2.45, 2.75) is 25.7 Å². The van der Waals surface area contributed by atoms with Crippen molar-refractivity contribution in [1.29, 1.82) is 0 Å². The average molecular weight is 242 g/mol. The second-order valence-corrected chi connectivity index (χ2v) is 4.21. The highest BCUT2D eigenvalue weighted by Gasteiger charge is 2.04. The van der Waals surface area contributed by atoms with Crippen molar-refractivity contribution < 1.29 is 5.11 Å². The lowest BCUT2D eigenvalue weighted by atomic mass is 9.97. The molecule has 1 aromatic rings. The van der Waals surface area contributed by atoms with Crippen molar-refractivity contribution in [3.05, 3.63) is 34.3 Å². The number of rotatable bonds is 4. The van der Waals surface area contributed by atoms with Crippen molar-refractivity contribution in [2.24, 2.45) is 0 Å². The Balaban J connectivity index is 2.55. The molecule has 0 fully saturated rings. The van der Waals surface area contributed by atoms with Crippen LogP contribution in [0, 0.1) is 0 Å². The minimum atomic E-state index is 0.0425. The summed E-state index contributed by atoms with van der Waals surface area (Å²) in [4.78, 5) is 0. The van der Waals surface area contributed by atoms with Gasteiger partial charge in [-0.1, -0.05) is 35.0 Å². The molecule has 2 heteroatoms. The van der Waals surface area contributed by atoms with E-state index in [4.69, 9.17) is 0 Å². The Hall–Kier alpha value is -0.340. The van der Waals surface area contributed by atoms with E-state index in [-0.39, 0.29) is 6.61 Å². The van der Waals surface area contributed by atoms with Crippen LogP contribution in [0.2, 0.25) is 0 Å². The Morgan fingerprint density at radius 3 is 2.46 bits per heavy atom. The molecule has 71 valence electrons. The van der Waals surface area contributed by atoms with E-state index in [1.54, 1.807) is 0 Å². The van der Waals surface area contributed by atoms with Crippen LogP contribution in [0.25, 0.3) is 0 Å². The Labute approximate surface area is 87.9 Å². The molecule has 0 saturated heterocycles. The van der Waals surface area contributed by atoms with Crippen LogP contribution in [0.15, 0.2) is 28.7 Å². The van der Waals surface area contributed by atoms with Crippen LogP contribution >= 0.6 is 15.9 Å². The number of hydrogen-bond acceptors (Lipinski definition) is 0. The summed E-state index contributed by atoms with van der Waals surface area (Å²) in [7, 11) is 0. The maximum Gasteiger partial charge on any atom is 0.0822 e. The molecule has 1 unspecified atom stereocenters. The van der Waals surface area contributed by atoms with Gasteiger partial charge in [-0.05, 0) is 36.5 Å². The Morgan fingerprint density at radius 1 is 1.31 bits per heavy atom. The summed E-state index contributed by atoms with van der Waals surface area (Å²) in [5, 5.41) is 10.3. The van der Waals surface area contributed by atoms with Crippen LogP contribution in [0.3, 0.4) is 0 Å². The number of benzene rings is 1. The third kappa shape index (κ3) is 3.49. The highest BCUT2D eigenvalue weighted by molar-refractivity contribution is 9.10. The van der Waals surface area contributed by atoms with E-state index in [0.717, 1.165) is 17.3 Å². The fraction of sp³-hybridized carbons (Fsp3) is 0.455. The minimum absolute atomic E-state index is 0.0425. The lowest BCUT2D eigenvalue weighted by Crippen LogP contribution is -1.94. The molecular formula is C11H14BrO. The molecule has 1 radical (unpaired) electrons. The largest absolute Gasteiger partial charge is 0.237 e. The number of hydrogen-bond donors (Lipinski definition) is 0. The molecule has 0 aliphatic heterocycles. The lowest BCUT2D eigenvalue weighted by Gasteiger charge is -2.10. The molecule has 0 N–H and O–H groups in total. The molecule has 0 heterocycles. The first kappa shape index (κ1) is 10.7. The third-order valence-electron chi connectivity index (χ3n) is 2.22. The third-order valence-corrected chi connectivity index (χ3v) is 2.75. The molecule has 0 aliphatic carbocycles. The Bertz CT molecular complexity index is 243. The highest BCUT2D eigenvalue weighted by Crippen LogP contribution is 2.22. The van der Waals surface area contributed by atoms with Crippen molar-refractivity contribution in [3.8, 4) is 0 Å². The molecule has 1 aromatic carbocycles. The first-order chi connectivity index (χ1) is 6.24. The van der Waals surface area contributed by atoms with Crippen LogP contribution < -0.4 is 0 Å². The van der Waals surface area contributed by atoms with E-state index in [1.165, 1.54) is 5.56 Å². The SMILES string of the molecule is CC(CCC[O])c1ccc(Br)cc1. The van der Waals surface area contributed by atoms with E-state index in [0.29, 0.717) is 5.92 Å². The van der Waals surface area contributed by atoms with Gasteiger partial charge in [0, 0.05) is 4.47 Å². The Kier molecular flexibility index (Phi) is 4.46. The zero-order chi connectivity index (χ0) is 9.68. The van der Waals surface area contributed by atoms with Crippen molar-refractivity contribution >= 4 is 15.9 Å².